The number of carbonyl (C=O) groups is 4. The van der Waals surface area contributed by atoms with Gasteiger partial charge >= 0.3 is 30.3 Å². The lowest BCUT2D eigenvalue weighted by Crippen LogP contribution is -2.62. The summed E-state index contributed by atoms with van der Waals surface area (Å²) in [6, 6.07) is 0. The first-order valence-corrected chi connectivity index (χ1v) is 13.7. The third kappa shape index (κ3) is 7.94. The Morgan fingerprint density at radius 1 is 1.00 bits per heavy atom. The molecule has 1 unspecified atom stereocenters. The fraction of sp³-hybridized carbons (Fsp3) is 0.609. The van der Waals surface area contributed by atoms with Gasteiger partial charge in [0, 0.05) is 12.7 Å². The highest BCUT2D eigenvalue weighted by Crippen LogP contribution is 2.51. The Bertz CT molecular complexity index is 1510. The zero-order chi connectivity index (χ0) is 35.0. The van der Waals surface area contributed by atoms with Crippen molar-refractivity contribution in [3.63, 3.8) is 0 Å². The number of hydrogen-bond acceptors (Lipinski definition) is 12. The van der Waals surface area contributed by atoms with Crippen LogP contribution in [-0.4, -0.2) is 122 Å². The van der Waals surface area contributed by atoms with E-state index in [9.17, 15) is 71.1 Å². The van der Waals surface area contributed by atoms with Crippen molar-refractivity contribution < 1.29 is 80.9 Å². The van der Waals surface area contributed by atoms with E-state index in [-0.39, 0.29) is 16.7 Å². The highest BCUT2D eigenvalue weighted by molar-refractivity contribution is 7.99. The molecule has 6 N–H and O–H groups in total. The Kier molecular flexibility index (Phi) is 10.5. The summed E-state index contributed by atoms with van der Waals surface area (Å²) in [6.45, 7) is -1.25. The molecule has 2 aromatic rings. The molecule has 23 heteroatoms. The molecular formula is C23H25F6N5O11S. The average molecular weight is 694 g/mol. The quantitative estimate of drug-likeness (QED) is 0.0971. The molecule has 1 saturated heterocycles. The molecule has 0 spiro atoms. The van der Waals surface area contributed by atoms with Crippen LogP contribution in [0.3, 0.4) is 0 Å². The van der Waals surface area contributed by atoms with Crippen LogP contribution in [0.1, 0.15) is 38.8 Å². The third-order valence-electron chi connectivity index (χ3n) is 6.70. The van der Waals surface area contributed by atoms with E-state index in [1.54, 1.807) is 0 Å². The molecule has 3 rings (SSSR count). The fourth-order valence-electron chi connectivity index (χ4n) is 4.85. The van der Waals surface area contributed by atoms with E-state index in [0.717, 1.165) is 0 Å². The smallest absolute Gasteiger partial charge is 0.406 e. The molecule has 2 aromatic heterocycles. The lowest BCUT2D eigenvalue weighted by molar-refractivity contribution is -0.188. The number of rotatable bonds is 13. The highest BCUT2D eigenvalue weighted by atomic mass is 32.2. The molecule has 1 aliphatic rings. The Balaban J connectivity index is 2.32. The van der Waals surface area contributed by atoms with Gasteiger partial charge in [-0.2, -0.15) is 26.3 Å². The van der Waals surface area contributed by atoms with Crippen molar-refractivity contribution in [3.05, 3.63) is 6.33 Å². The summed E-state index contributed by atoms with van der Waals surface area (Å²) < 4.78 is 84.7. The fourth-order valence-corrected chi connectivity index (χ4v) is 5.67. The first kappa shape index (κ1) is 36.7. The summed E-state index contributed by atoms with van der Waals surface area (Å²) in [6.07, 6.45) is -21.7. The van der Waals surface area contributed by atoms with E-state index in [1.165, 1.54) is 0 Å². The molecule has 1 fully saturated rings. The maximum Gasteiger partial charge on any atom is 0.406 e. The van der Waals surface area contributed by atoms with Gasteiger partial charge in [0.15, 0.2) is 34.0 Å². The number of aliphatic hydroxyl groups excluding tert-OH is 1. The van der Waals surface area contributed by atoms with Crippen LogP contribution in [0.2, 0.25) is 0 Å². The Labute approximate surface area is 256 Å². The number of fused-ring (bicyclic) bond motifs is 1. The molecule has 0 saturated carbocycles. The van der Waals surface area contributed by atoms with Gasteiger partial charge in [0.05, 0.1) is 38.1 Å². The Hall–Kier alpha value is -3.80. The largest absolute Gasteiger partial charge is 0.481 e. The molecule has 256 valence electrons. The molecule has 5 atom stereocenters. The van der Waals surface area contributed by atoms with E-state index in [4.69, 9.17) is 9.84 Å². The van der Waals surface area contributed by atoms with Crippen LogP contribution in [0.4, 0.5) is 32.2 Å². The number of thioether (sulfide) groups is 1. The molecular weight excluding hydrogens is 668 g/mol. The highest BCUT2D eigenvalue weighted by Gasteiger charge is 2.69. The van der Waals surface area contributed by atoms with Crippen molar-refractivity contribution in [1.82, 2.24) is 19.5 Å². The van der Waals surface area contributed by atoms with Crippen LogP contribution < -0.4 is 4.90 Å². The van der Waals surface area contributed by atoms with Crippen molar-refractivity contribution in [2.45, 2.75) is 79.8 Å². The van der Waals surface area contributed by atoms with Crippen LogP contribution in [-0.2, 0) is 23.9 Å². The van der Waals surface area contributed by atoms with Crippen molar-refractivity contribution in [2.75, 3.05) is 17.2 Å². The molecule has 0 radical (unpaired) electrons. The number of ether oxygens (including phenoxy) is 1. The number of amides is 1. The maximum absolute atomic E-state index is 13.4. The van der Waals surface area contributed by atoms with Crippen molar-refractivity contribution in [3.8, 4) is 0 Å². The predicted molar refractivity (Wildman–Crippen MR) is 137 cm³/mol. The number of aliphatic hydroxyl groups is 3. The van der Waals surface area contributed by atoms with Crippen LogP contribution in [0.5, 0.6) is 0 Å². The molecule has 0 aliphatic carbocycles. The number of hydrogen-bond donors (Lipinski definition) is 6. The number of nitrogens with zero attached hydrogens (tertiary/aromatic N) is 5. The molecule has 0 aromatic carbocycles. The second kappa shape index (κ2) is 13.1. The topological polar surface area (TPSA) is 246 Å². The summed E-state index contributed by atoms with van der Waals surface area (Å²) in [5.41, 5.74) is -7.92. The number of anilines is 1. The SMILES string of the molecule is CC(=O)N(CC(F)(F)F)c1nc(SCCC(F)(F)F)nc2c1ncn2[C@@H]1O[C@H](C(O)CC(=O)O)[C@](O)(CC(=O)O)[C@]1(O)CC(=O)O. The second-order valence-corrected chi connectivity index (χ2v) is 11.2. The van der Waals surface area contributed by atoms with E-state index in [2.05, 4.69) is 15.0 Å². The summed E-state index contributed by atoms with van der Waals surface area (Å²) in [4.78, 5) is 58.7. The number of aliphatic carboxylic acids is 3. The summed E-state index contributed by atoms with van der Waals surface area (Å²) in [5, 5.41) is 61.2. The number of carbonyl (C=O) groups excluding carboxylic acids is 1. The van der Waals surface area contributed by atoms with Crippen molar-refractivity contribution in [1.29, 1.82) is 0 Å². The van der Waals surface area contributed by atoms with Gasteiger partial charge < -0.3 is 35.4 Å². The lowest BCUT2D eigenvalue weighted by Gasteiger charge is -2.40. The van der Waals surface area contributed by atoms with Gasteiger partial charge in [0.25, 0.3) is 0 Å². The standard InChI is InChI=1S/C23H25F6N5O11S/c1-9(35)33(7-23(27,28)29)16-14-17(32-19(31-16)46-3-2-22(24,25)26)34(8-30-14)18-21(44,6-13(41)42)20(43,5-12(39)40)15(45-18)10(36)4-11(37)38/h8,10,15,18,36,43-44H,2-7H2,1H3,(H,37,38)(H,39,40)(H,41,42)/t10?,15-,18-,20-,21+/m1/s1. The number of imidazole rings is 1. The van der Waals surface area contributed by atoms with Gasteiger partial charge in [0.1, 0.15) is 18.2 Å². The zero-order valence-electron chi connectivity index (χ0n) is 23.2. The average Bonchev–Trinajstić information content (AvgIpc) is 3.36. The number of halogens is 6. The molecule has 1 aliphatic heterocycles. The van der Waals surface area contributed by atoms with Gasteiger partial charge in [-0.05, 0) is 0 Å². The first-order valence-electron chi connectivity index (χ1n) is 12.7. The van der Waals surface area contributed by atoms with E-state index in [1.807, 2.05) is 0 Å². The van der Waals surface area contributed by atoms with Crippen molar-refractivity contribution in [2.24, 2.45) is 0 Å². The second-order valence-electron chi connectivity index (χ2n) is 10.2. The van der Waals surface area contributed by atoms with Gasteiger partial charge in [-0.3, -0.25) is 28.6 Å². The normalized spacial score (nSPS) is 24.2. The summed E-state index contributed by atoms with van der Waals surface area (Å²) in [7, 11) is 0. The Morgan fingerprint density at radius 2 is 1.59 bits per heavy atom. The van der Waals surface area contributed by atoms with Crippen LogP contribution in [0.25, 0.3) is 11.2 Å². The molecule has 16 nitrogen and oxygen atoms in total. The van der Waals surface area contributed by atoms with Gasteiger partial charge in [-0.1, -0.05) is 11.8 Å². The van der Waals surface area contributed by atoms with Crippen LogP contribution in [0.15, 0.2) is 11.5 Å². The summed E-state index contributed by atoms with van der Waals surface area (Å²) >= 11 is 0.277. The van der Waals surface area contributed by atoms with Crippen LogP contribution in [0, 0.1) is 0 Å². The molecule has 1 amide bonds. The van der Waals surface area contributed by atoms with E-state index < -0.39 is 126 Å². The number of carboxylic acids is 3. The lowest BCUT2D eigenvalue weighted by atomic mass is 9.73. The minimum Gasteiger partial charge on any atom is -0.481 e. The predicted octanol–water partition coefficient (Wildman–Crippen LogP) is 0.931. The van der Waals surface area contributed by atoms with E-state index >= 15 is 0 Å². The van der Waals surface area contributed by atoms with Gasteiger partial charge in [-0.25, -0.2) is 15.0 Å². The number of carboxylic acid groups (broad SMARTS) is 3. The monoisotopic (exact) mass is 693 g/mol. The first-order chi connectivity index (χ1) is 21.0. The third-order valence-corrected chi connectivity index (χ3v) is 7.55. The minimum atomic E-state index is -5.04. The number of alkyl halides is 6. The number of aromatic nitrogens is 4. The maximum atomic E-state index is 13.4. The summed E-state index contributed by atoms with van der Waals surface area (Å²) in [5.74, 6) is -8.37. The van der Waals surface area contributed by atoms with E-state index in [0.29, 0.717) is 17.8 Å². The zero-order valence-corrected chi connectivity index (χ0v) is 24.0. The van der Waals surface area contributed by atoms with Gasteiger partial charge in [-0.15, -0.1) is 0 Å². The molecule has 3 heterocycles. The van der Waals surface area contributed by atoms with Gasteiger partial charge in [0.2, 0.25) is 5.91 Å². The minimum absolute atomic E-state index is 0.0638. The Morgan fingerprint density at radius 3 is 2.09 bits per heavy atom. The van der Waals surface area contributed by atoms with Crippen molar-refractivity contribution >= 4 is 52.6 Å². The van der Waals surface area contributed by atoms with Crippen LogP contribution >= 0.6 is 11.8 Å². The molecule has 46 heavy (non-hydrogen) atoms. The molecule has 0 bridgehead atoms.